The summed E-state index contributed by atoms with van der Waals surface area (Å²) < 4.78 is 42.2. The summed E-state index contributed by atoms with van der Waals surface area (Å²) in [5.41, 5.74) is 7.57. The Morgan fingerprint density at radius 1 is 1.13 bits per heavy atom. The lowest BCUT2D eigenvalue weighted by Crippen LogP contribution is -2.17. The summed E-state index contributed by atoms with van der Waals surface area (Å²) in [5.74, 6) is 0.0340. The number of alkyl halides is 3. The van der Waals surface area contributed by atoms with E-state index in [1.165, 1.54) is 23.9 Å². The van der Waals surface area contributed by atoms with Gasteiger partial charge in [0.2, 0.25) is 5.91 Å². The minimum Gasteiger partial charge on any atom is -0.406 e. The van der Waals surface area contributed by atoms with E-state index in [1.807, 2.05) is 23.6 Å². The van der Waals surface area contributed by atoms with E-state index in [4.69, 9.17) is 5.73 Å². The van der Waals surface area contributed by atoms with Gasteiger partial charge in [-0.15, -0.1) is 23.4 Å². The molecule has 158 valence electrons. The largest absolute Gasteiger partial charge is 0.573 e. The van der Waals surface area contributed by atoms with Crippen molar-refractivity contribution in [2.75, 3.05) is 16.8 Å². The SMILES string of the molecule is CCn1c(SCC(=O)Nc2ccc(OC(F)(F)F)cc2)nnc1-c1ccc(N)cc1. The molecule has 30 heavy (non-hydrogen) atoms. The third kappa shape index (κ3) is 5.66. The molecule has 0 aliphatic carbocycles. The molecule has 0 bridgehead atoms. The van der Waals surface area contributed by atoms with Gasteiger partial charge in [0.25, 0.3) is 0 Å². The number of carbonyl (C=O) groups is 1. The molecule has 0 radical (unpaired) electrons. The third-order valence-corrected chi connectivity index (χ3v) is 4.87. The molecule has 3 aromatic rings. The molecule has 0 unspecified atom stereocenters. The Labute approximate surface area is 174 Å². The van der Waals surface area contributed by atoms with E-state index in [0.717, 1.165) is 17.7 Å². The predicted octanol–water partition coefficient (Wildman–Crippen LogP) is 4.18. The number of carbonyl (C=O) groups excluding carboxylic acids is 1. The lowest BCUT2D eigenvalue weighted by atomic mass is 10.2. The van der Waals surface area contributed by atoms with Crippen molar-refractivity contribution < 1.29 is 22.7 Å². The van der Waals surface area contributed by atoms with Crippen LogP contribution < -0.4 is 15.8 Å². The highest BCUT2D eigenvalue weighted by Gasteiger charge is 2.31. The quantitative estimate of drug-likeness (QED) is 0.425. The number of rotatable bonds is 7. The van der Waals surface area contributed by atoms with Crippen LogP contribution in [0.25, 0.3) is 11.4 Å². The fourth-order valence-electron chi connectivity index (χ4n) is 2.59. The molecule has 7 nitrogen and oxygen atoms in total. The number of hydrogen-bond acceptors (Lipinski definition) is 6. The molecule has 1 aromatic heterocycles. The first-order valence-electron chi connectivity index (χ1n) is 8.82. The fourth-order valence-corrected chi connectivity index (χ4v) is 3.40. The van der Waals surface area contributed by atoms with Crippen LogP contribution in [-0.2, 0) is 11.3 Å². The second-order valence-electron chi connectivity index (χ2n) is 6.08. The number of ether oxygens (including phenoxy) is 1. The van der Waals surface area contributed by atoms with Gasteiger partial charge in [0, 0.05) is 23.5 Å². The zero-order valence-electron chi connectivity index (χ0n) is 15.8. The van der Waals surface area contributed by atoms with Crippen molar-refractivity contribution in [1.29, 1.82) is 0 Å². The highest BCUT2D eigenvalue weighted by molar-refractivity contribution is 7.99. The number of thioether (sulfide) groups is 1. The highest BCUT2D eigenvalue weighted by Crippen LogP contribution is 2.26. The van der Waals surface area contributed by atoms with Crippen molar-refractivity contribution in [3.63, 3.8) is 0 Å². The first-order valence-corrected chi connectivity index (χ1v) is 9.81. The Hall–Kier alpha value is -3.21. The Balaban J connectivity index is 1.60. The van der Waals surface area contributed by atoms with Gasteiger partial charge in [-0.05, 0) is 55.5 Å². The zero-order chi connectivity index (χ0) is 21.7. The summed E-state index contributed by atoms with van der Waals surface area (Å²) in [4.78, 5) is 12.2. The van der Waals surface area contributed by atoms with E-state index in [0.29, 0.717) is 28.9 Å². The lowest BCUT2D eigenvalue weighted by molar-refractivity contribution is -0.274. The van der Waals surface area contributed by atoms with Gasteiger partial charge in [-0.2, -0.15) is 0 Å². The van der Waals surface area contributed by atoms with Crippen molar-refractivity contribution >= 4 is 29.0 Å². The maximum Gasteiger partial charge on any atom is 0.573 e. The molecule has 0 spiro atoms. The van der Waals surface area contributed by atoms with Gasteiger partial charge in [-0.25, -0.2) is 0 Å². The number of amides is 1. The summed E-state index contributed by atoms with van der Waals surface area (Å²) in [6.45, 7) is 2.55. The van der Waals surface area contributed by atoms with Crippen LogP contribution >= 0.6 is 11.8 Å². The first-order chi connectivity index (χ1) is 14.2. The number of halogens is 3. The van der Waals surface area contributed by atoms with Crippen LogP contribution in [0.1, 0.15) is 6.92 Å². The van der Waals surface area contributed by atoms with Crippen molar-refractivity contribution in [1.82, 2.24) is 14.8 Å². The first kappa shape index (κ1) is 21.5. The number of nitrogens with two attached hydrogens (primary N) is 1. The van der Waals surface area contributed by atoms with E-state index >= 15 is 0 Å². The molecule has 1 amide bonds. The van der Waals surface area contributed by atoms with Crippen LogP contribution in [0, 0.1) is 0 Å². The van der Waals surface area contributed by atoms with Crippen LogP contribution in [0.3, 0.4) is 0 Å². The molecular weight excluding hydrogens is 419 g/mol. The van der Waals surface area contributed by atoms with Crippen molar-refractivity contribution in [3.05, 3.63) is 48.5 Å². The molecule has 3 N–H and O–H groups in total. The molecule has 0 atom stereocenters. The monoisotopic (exact) mass is 437 g/mol. The Morgan fingerprint density at radius 3 is 2.40 bits per heavy atom. The van der Waals surface area contributed by atoms with Gasteiger partial charge >= 0.3 is 6.36 Å². The minimum atomic E-state index is -4.76. The van der Waals surface area contributed by atoms with Gasteiger partial charge in [0.1, 0.15) is 5.75 Å². The average molecular weight is 437 g/mol. The van der Waals surface area contributed by atoms with Crippen molar-refractivity contribution in [2.45, 2.75) is 25.0 Å². The van der Waals surface area contributed by atoms with Gasteiger partial charge < -0.3 is 20.4 Å². The van der Waals surface area contributed by atoms with Crippen LogP contribution in [0.15, 0.2) is 53.7 Å². The number of nitrogens with zero attached hydrogens (tertiary/aromatic N) is 3. The van der Waals surface area contributed by atoms with Crippen LogP contribution in [0.5, 0.6) is 5.75 Å². The maximum absolute atomic E-state index is 12.2. The molecule has 3 rings (SSSR count). The number of aromatic nitrogens is 3. The van der Waals surface area contributed by atoms with E-state index < -0.39 is 6.36 Å². The fraction of sp³-hybridized carbons (Fsp3) is 0.211. The number of nitrogen functional groups attached to an aromatic ring is 1. The summed E-state index contributed by atoms with van der Waals surface area (Å²) in [7, 11) is 0. The molecule has 0 aliphatic rings. The number of hydrogen-bond donors (Lipinski definition) is 2. The van der Waals surface area contributed by atoms with Gasteiger partial charge in [-0.3, -0.25) is 4.79 Å². The van der Waals surface area contributed by atoms with E-state index in [-0.39, 0.29) is 17.4 Å². The zero-order valence-corrected chi connectivity index (χ0v) is 16.6. The number of benzene rings is 2. The molecule has 0 aliphatic heterocycles. The van der Waals surface area contributed by atoms with E-state index in [1.54, 1.807) is 12.1 Å². The maximum atomic E-state index is 12.2. The molecule has 0 saturated heterocycles. The van der Waals surface area contributed by atoms with E-state index in [2.05, 4.69) is 20.3 Å². The van der Waals surface area contributed by atoms with Gasteiger partial charge in [-0.1, -0.05) is 11.8 Å². The Kier molecular flexibility index (Phi) is 6.50. The minimum absolute atomic E-state index is 0.0562. The van der Waals surface area contributed by atoms with Gasteiger partial charge in [0.15, 0.2) is 11.0 Å². The second kappa shape index (κ2) is 9.08. The topological polar surface area (TPSA) is 95.1 Å². The molecule has 0 saturated carbocycles. The summed E-state index contributed by atoms with van der Waals surface area (Å²) in [6, 6.07) is 12.2. The number of nitrogens with one attached hydrogen (secondary N) is 1. The predicted molar refractivity (Wildman–Crippen MR) is 108 cm³/mol. The van der Waals surface area contributed by atoms with Crippen molar-refractivity contribution in [3.8, 4) is 17.1 Å². The van der Waals surface area contributed by atoms with Crippen LogP contribution in [0.2, 0.25) is 0 Å². The van der Waals surface area contributed by atoms with Crippen LogP contribution in [-0.4, -0.2) is 32.8 Å². The molecule has 11 heteroatoms. The summed E-state index contributed by atoms with van der Waals surface area (Å²) >= 11 is 1.21. The second-order valence-corrected chi connectivity index (χ2v) is 7.02. The van der Waals surface area contributed by atoms with Gasteiger partial charge in [0.05, 0.1) is 5.75 Å². The van der Waals surface area contributed by atoms with Crippen LogP contribution in [0.4, 0.5) is 24.5 Å². The summed E-state index contributed by atoms with van der Waals surface area (Å²) in [5, 5.41) is 11.5. The van der Waals surface area contributed by atoms with E-state index in [9.17, 15) is 18.0 Å². The average Bonchev–Trinajstić information content (AvgIpc) is 3.10. The Bertz CT molecular complexity index is 1000. The smallest absolute Gasteiger partial charge is 0.406 e. The summed E-state index contributed by atoms with van der Waals surface area (Å²) in [6.07, 6.45) is -4.76. The molecular formula is C19H18F3N5O2S. The third-order valence-electron chi connectivity index (χ3n) is 3.91. The molecule has 0 fully saturated rings. The molecule has 2 aromatic carbocycles. The Morgan fingerprint density at radius 2 is 1.80 bits per heavy atom. The lowest BCUT2D eigenvalue weighted by Gasteiger charge is -2.10. The standard InChI is InChI=1S/C19H18F3N5O2S/c1-2-27-17(12-3-5-13(23)6-4-12)25-26-18(27)30-11-16(28)24-14-7-9-15(10-8-14)29-19(20,21)22/h3-10H,2,11,23H2,1H3,(H,24,28). The molecule has 1 heterocycles. The highest BCUT2D eigenvalue weighted by atomic mass is 32.2. The van der Waals surface area contributed by atoms with Crippen molar-refractivity contribution in [2.24, 2.45) is 0 Å². The number of anilines is 2. The normalized spacial score (nSPS) is 11.3.